The highest BCUT2D eigenvalue weighted by molar-refractivity contribution is 7.49. The van der Waals surface area contributed by atoms with Gasteiger partial charge >= 0.3 is 0 Å². The molecule has 1 heterocycles. The van der Waals surface area contributed by atoms with Crippen molar-refractivity contribution in [3.63, 3.8) is 0 Å². The lowest BCUT2D eigenvalue weighted by Crippen LogP contribution is -2.37. The lowest BCUT2D eigenvalue weighted by Gasteiger charge is -2.28. The first-order valence-corrected chi connectivity index (χ1v) is 6.08. The fraction of sp³-hybridized carbons (Fsp3) is 1.00. The zero-order chi connectivity index (χ0) is 10.8. The van der Waals surface area contributed by atoms with Gasteiger partial charge in [-0.3, -0.25) is 9.65 Å². The van der Waals surface area contributed by atoms with E-state index in [0.717, 1.165) is 13.5 Å². The zero-order valence-electron chi connectivity index (χ0n) is 8.30. The third-order valence-corrected chi connectivity index (χ3v) is 3.38. The van der Waals surface area contributed by atoms with E-state index in [-0.39, 0.29) is 12.1 Å². The van der Waals surface area contributed by atoms with Crippen molar-refractivity contribution in [2.24, 2.45) is 0 Å². The molecule has 0 amide bonds. The lowest BCUT2D eigenvalue weighted by atomic mass is 9.95. The highest BCUT2D eigenvalue weighted by Crippen LogP contribution is 2.34. The van der Waals surface area contributed by atoms with Crippen LogP contribution in [0.5, 0.6) is 0 Å². The summed E-state index contributed by atoms with van der Waals surface area (Å²) in [6, 6.07) is -0.674. The number of rotatable bonds is 4. The van der Waals surface area contributed by atoms with Crippen LogP contribution in [0.3, 0.4) is 0 Å². The number of nitrogens with one attached hydrogen (secondary N) is 1. The van der Waals surface area contributed by atoms with E-state index >= 15 is 0 Å². The Bertz CT molecular complexity index is 240. The third-order valence-electron chi connectivity index (χ3n) is 2.25. The van der Waals surface area contributed by atoms with Crippen molar-refractivity contribution in [2.45, 2.75) is 37.9 Å². The van der Waals surface area contributed by atoms with Crippen molar-refractivity contribution in [1.82, 2.24) is 5.09 Å². The van der Waals surface area contributed by atoms with Gasteiger partial charge in [0.15, 0.2) is 0 Å². The average Bonchev–Trinajstić information content (AvgIpc) is 2.45. The first kappa shape index (κ1) is 12.2. The second kappa shape index (κ2) is 4.77. The van der Waals surface area contributed by atoms with Gasteiger partial charge in [0.1, 0.15) is 7.85 Å². The molecule has 0 bridgehead atoms. The van der Waals surface area contributed by atoms with Crippen LogP contribution in [-0.2, 0) is 13.8 Å². The molecule has 0 aromatic heterocycles. The molecule has 1 aliphatic heterocycles. The van der Waals surface area contributed by atoms with Crippen LogP contribution in [0.25, 0.3) is 0 Å². The minimum Gasteiger partial charge on any atom is -0.766 e. The maximum atomic E-state index is 11.1. The van der Waals surface area contributed by atoms with Crippen LogP contribution < -0.4 is 9.98 Å². The first-order valence-electron chi connectivity index (χ1n) is 4.54. The molecule has 1 N–H and O–H groups in total. The predicted octanol–water partition coefficient (Wildman–Crippen LogP) is -0.247. The molecule has 14 heavy (non-hydrogen) atoms. The Hall–Kier alpha value is 0.135. The Morgan fingerprint density at radius 1 is 1.79 bits per heavy atom. The topological polar surface area (TPSA) is 70.6 Å². The van der Waals surface area contributed by atoms with Gasteiger partial charge in [0.05, 0.1) is 6.10 Å². The summed E-state index contributed by atoms with van der Waals surface area (Å²) >= 11 is 0. The van der Waals surface area contributed by atoms with Crippen molar-refractivity contribution >= 4 is 15.6 Å². The molecule has 0 aromatic rings. The van der Waals surface area contributed by atoms with Crippen molar-refractivity contribution in [3.05, 3.63) is 0 Å². The highest BCUT2D eigenvalue weighted by atomic mass is 31.2. The maximum Gasteiger partial charge on any atom is 0.204 e. The van der Waals surface area contributed by atoms with E-state index in [1.54, 1.807) is 0 Å². The van der Waals surface area contributed by atoms with E-state index in [4.69, 9.17) is 12.6 Å². The van der Waals surface area contributed by atoms with E-state index < -0.39 is 13.7 Å². The lowest BCUT2D eigenvalue weighted by molar-refractivity contribution is -0.201. The normalized spacial score (nSPS) is 36.9. The largest absolute Gasteiger partial charge is 0.766 e. The van der Waals surface area contributed by atoms with E-state index in [2.05, 4.69) is 9.61 Å². The Morgan fingerprint density at radius 2 is 2.43 bits per heavy atom. The average molecular weight is 218 g/mol. The second-order valence-corrected chi connectivity index (χ2v) is 4.89. The second-order valence-electron chi connectivity index (χ2n) is 3.27. The Morgan fingerprint density at radius 3 is 2.93 bits per heavy atom. The molecule has 0 spiro atoms. The third kappa shape index (κ3) is 3.07. The summed E-state index contributed by atoms with van der Waals surface area (Å²) in [6.45, 7) is 1.92. The van der Waals surface area contributed by atoms with Crippen LogP contribution in [-0.4, -0.2) is 33.1 Å². The highest BCUT2D eigenvalue weighted by Gasteiger charge is 2.32. The summed E-state index contributed by atoms with van der Waals surface area (Å²) in [7, 11) is 2.74. The summed E-state index contributed by atoms with van der Waals surface area (Å²) in [6.07, 6.45) is 1.03. The molecular formula is C7H14BNO4P-. The van der Waals surface area contributed by atoms with Crippen molar-refractivity contribution < 1.29 is 18.7 Å². The Kier molecular flexibility index (Phi) is 4.16. The summed E-state index contributed by atoms with van der Waals surface area (Å²) in [5, 5.41) is 2.41. The van der Waals surface area contributed by atoms with Crippen LogP contribution in [0.2, 0.25) is 0 Å². The Labute approximate surface area is 85.2 Å². The molecule has 7 heteroatoms. The number of ether oxygens (including phenoxy) is 1. The molecule has 1 saturated heterocycles. The SMILES string of the molecule is [B][C@H]1C[C@H](NP(=O)([O-])OC)[C@@H](CC)O1. The number of hydrogen-bond donors (Lipinski definition) is 1. The summed E-state index contributed by atoms with van der Waals surface area (Å²) < 4.78 is 20.8. The van der Waals surface area contributed by atoms with Crippen LogP contribution in [0.15, 0.2) is 0 Å². The predicted molar refractivity (Wildman–Crippen MR) is 50.9 cm³/mol. The molecule has 1 rings (SSSR count). The van der Waals surface area contributed by atoms with Gasteiger partial charge in [-0.15, -0.1) is 0 Å². The first-order chi connectivity index (χ1) is 6.48. The number of hydrogen-bond acceptors (Lipinski definition) is 4. The molecule has 0 aromatic carbocycles. The van der Waals surface area contributed by atoms with Gasteiger partial charge in [-0.2, -0.15) is 0 Å². The fourth-order valence-corrected chi connectivity index (χ4v) is 2.33. The summed E-state index contributed by atoms with van der Waals surface area (Å²) in [4.78, 5) is 11.1. The molecule has 1 unspecified atom stereocenters. The van der Waals surface area contributed by atoms with Crippen LogP contribution in [0, 0.1) is 0 Å². The molecule has 1 fully saturated rings. The van der Waals surface area contributed by atoms with Gasteiger partial charge < -0.3 is 14.2 Å². The summed E-state index contributed by atoms with van der Waals surface area (Å²) in [5.74, 6) is 0. The monoisotopic (exact) mass is 218 g/mol. The van der Waals surface area contributed by atoms with Gasteiger partial charge in [0.25, 0.3) is 0 Å². The van der Waals surface area contributed by atoms with E-state index in [1.807, 2.05) is 6.92 Å². The Balaban J connectivity index is 2.55. The van der Waals surface area contributed by atoms with Crippen LogP contribution >= 0.6 is 7.75 Å². The van der Waals surface area contributed by atoms with Gasteiger partial charge in [-0.25, -0.2) is 0 Å². The fourth-order valence-electron chi connectivity index (χ4n) is 1.55. The molecular weight excluding hydrogens is 204 g/mol. The van der Waals surface area contributed by atoms with Gasteiger partial charge in [-0.05, 0) is 12.8 Å². The molecule has 0 aliphatic carbocycles. The van der Waals surface area contributed by atoms with Gasteiger partial charge in [0, 0.05) is 19.2 Å². The quantitative estimate of drug-likeness (QED) is 0.520. The minimum atomic E-state index is -3.94. The van der Waals surface area contributed by atoms with Gasteiger partial charge in [0.2, 0.25) is 7.75 Å². The zero-order valence-corrected chi connectivity index (χ0v) is 9.20. The standard InChI is InChI=1S/C7H15BNO4P/c1-3-6-5(4-7(8)13-6)9-14(10,11)12-2/h5-7H,3-4H2,1-2H3,(H2,9,10,11)/p-1/t5-,6+,7+/m0/s1. The van der Waals surface area contributed by atoms with Gasteiger partial charge in [-0.1, -0.05) is 6.92 Å². The van der Waals surface area contributed by atoms with E-state index in [9.17, 15) is 9.46 Å². The van der Waals surface area contributed by atoms with Crippen LogP contribution in [0.1, 0.15) is 19.8 Å². The van der Waals surface area contributed by atoms with Crippen molar-refractivity contribution in [2.75, 3.05) is 7.11 Å². The minimum absolute atomic E-state index is 0.164. The molecule has 0 saturated carbocycles. The molecule has 2 radical (unpaired) electrons. The summed E-state index contributed by atoms with van der Waals surface area (Å²) in [5.41, 5.74) is 0. The maximum absolute atomic E-state index is 11.1. The van der Waals surface area contributed by atoms with Crippen molar-refractivity contribution in [3.8, 4) is 0 Å². The smallest absolute Gasteiger partial charge is 0.204 e. The van der Waals surface area contributed by atoms with E-state index in [0.29, 0.717) is 6.42 Å². The molecule has 80 valence electrons. The molecule has 4 atom stereocenters. The van der Waals surface area contributed by atoms with Crippen LogP contribution in [0.4, 0.5) is 0 Å². The molecule has 5 nitrogen and oxygen atoms in total. The van der Waals surface area contributed by atoms with Crippen molar-refractivity contribution in [1.29, 1.82) is 0 Å². The molecule has 1 aliphatic rings. The van der Waals surface area contributed by atoms with E-state index in [1.165, 1.54) is 0 Å².